The van der Waals surface area contributed by atoms with Gasteiger partial charge in [0.15, 0.2) is 0 Å². The number of carbonyl (C=O) groups is 2. The van der Waals surface area contributed by atoms with Crippen LogP contribution >= 0.6 is 0 Å². The number of carbonyl (C=O) groups excluding carboxylic acids is 1. The number of hydrogen-bond acceptors (Lipinski definition) is 3. The summed E-state index contributed by atoms with van der Waals surface area (Å²) >= 11 is 0. The Labute approximate surface area is 102 Å². The van der Waals surface area contributed by atoms with Crippen molar-refractivity contribution < 1.29 is 14.7 Å². The molecule has 1 saturated heterocycles. The van der Waals surface area contributed by atoms with E-state index in [1.165, 1.54) is 0 Å². The van der Waals surface area contributed by atoms with Gasteiger partial charge in [-0.15, -0.1) is 0 Å². The molecule has 1 rings (SSSR count). The second-order valence-electron chi connectivity index (χ2n) is 4.71. The molecular formula is C12H22N2O3. The van der Waals surface area contributed by atoms with Crippen LogP contribution < -0.4 is 10.6 Å². The van der Waals surface area contributed by atoms with Crippen LogP contribution in [-0.4, -0.2) is 36.6 Å². The van der Waals surface area contributed by atoms with E-state index in [9.17, 15) is 9.59 Å². The first-order valence-corrected chi connectivity index (χ1v) is 6.27. The molecule has 98 valence electrons. The minimum absolute atomic E-state index is 0.00954. The van der Waals surface area contributed by atoms with Crippen molar-refractivity contribution in [3.63, 3.8) is 0 Å². The maximum Gasteiger partial charge on any atom is 0.308 e. The number of carboxylic acid groups (broad SMARTS) is 1. The molecule has 1 aliphatic heterocycles. The largest absolute Gasteiger partial charge is 0.481 e. The minimum Gasteiger partial charge on any atom is -0.481 e. The second-order valence-corrected chi connectivity index (χ2v) is 4.71. The predicted molar refractivity (Wildman–Crippen MR) is 64.6 cm³/mol. The van der Waals surface area contributed by atoms with Crippen molar-refractivity contribution in [2.45, 2.75) is 33.1 Å². The van der Waals surface area contributed by atoms with Crippen LogP contribution in [-0.2, 0) is 9.59 Å². The number of rotatable bonds is 6. The summed E-state index contributed by atoms with van der Waals surface area (Å²) in [6.07, 6.45) is 2.15. The monoisotopic (exact) mass is 242 g/mol. The molecule has 1 heterocycles. The first kappa shape index (κ1) is 14.0. The molecule has 3 N–H and O–H groups in total. The molecule has 0 radical (unpaired) electrons. The van der Waals surface area contributed by atoms with E-state index in [0.717, 1.165) is 19.4 Å². The highest BCUT2D eigenvalue weighted by Gasteiger charge is 2.39. The zero-order chi connectivity index (χ0) is 12.9. The Morgan fingerprint density at radius 3 is 2.59 bits per heavy atom. The van der Waals surface area contributed by atoms with Gasteiger partial charge in [-0.05, 0) is 25.8 Å². The lowest BCUT2D eigenvalue weighted by Gasteiger charge is -2.26. The summed E-state index contributed by atoms with van der Waals surface area (Å²) in [5.74, 6) is -1.34. The van der Waals surface area contributed by atoms with Crippen molar-refractivity contribution in [2.24, 2.45) is 11.3 Å². The normalized spacial score (nSPS) is 25.5. The van der Waals surface area contributed by atoms with E-state index in [1.807, 2.05) is 13.8 Å². The highest BCUT2D eigenvalue weighted by Crippen LogP contribution is 2.29. The Balaban J connectivity index is 2.51. The fourth-order valence-electron chi connectivity index (χ4n) is 2.21. The van der Waals surface area contributed by atoms with Gasteiger partial charge in [0.1, 0.15) is 0 Å². The van der Waals surface area contributed by atoms with Gasteiger partial charge in [-0.2, -0.15) is 0 Å². The van der Waals surface area contributed by atoms with Crippen molar-refractivity contribution in [3.8, 4) is 0 Å². The number of nitrogens with one attached hydrogen (secondary N) is 2. The highest BCUT2D eigenvalue weighted by molar-refractivity contribution is 5.83. The summed E-state index contributed by atoms with van der Waals surface area (Å²) in [5.41, 5.74) is -0.337. The van der Waals surface area contributed by atoms with Crippen molar-refractivity contribution >= 4 is 11.9 Å². The van der Waals surface area contributed by atoms with E-state index in [0.29, 0.717) is 13.0 Å². The highest BCUT2D eigenvalue weighted by atomic mass is 16.4. The lowest BCUT2D eigenvalue weighted by atomic mass is 9.83. The Bertz CT molecular complexity index is 285. The van der Waals surface area contributed by atoms with Crippen LogP contribution in [0.2, 0.25) is 0 Å². The molecule has 1 fully saturated rings. The van der Waals surface area contributed by atoms with Crippen molar-refractivity contribution in [2.75, 3.05) is 19.6 Å². The van der Waals surface area contributed by atoms with E-state index < -0.39 is 11.9 Å². The third kappa shape index (κ3) is 3.19. The van der Waals surface area contributed by atoms with E-state index >= 15 is 0 Å². The average molecular weight is 242 g/mol. The molecule has 5 heteroatoms. The first-order valence-electron chi connectivity index (χ1n) is 6.27. The van der Waals surface area contributed by atoms with E-state index in [2.05, 4.69) is 10.6 Å². The number of hydrogen-bond donors (Lipinski definition) is 3. The Kier molecular flexibility index (Phi) is 4.93. The topological polar surface area (TPSA) is 78.4 Å². The molecule has 0 aromatic heterocycles. The number of carboxylic acids is 1. The van der Waals surface area contributed by atoms with Crippen molar-refractivity contribution in [1.29, 1.82) is 0 Å². The lowest BCUT2D eigenvalue weighted by Crippen LogP contribution is -2.44. The fourth-order valence-corrected chi connectivity index (χ4v) is 2.21. The van der Waals surface area contributed by atoms with Crippen LogP contribution in [0.15, 0.2) is 0 Å². The summed E-state index contributed by atoms with van der Waals surface area (Å²) in [6, 6.07) is 0. The molecule has 1 aliphatic rings. The molecule has 0 aromatic carbocycles. The summed E-state index contributed by atoms with van der Waals surface area (Å²) < 4.78 is 0. The quantitative estimate of drug-likeness (QED) is 0.637. The summed E-state index contributed by atoms with van der Waals surface area (Å²) in [4.78, 5) is 22.9. The van der Waals surface area contributed by atoms with Crippen molar-refractivity contribution in [1.82, 2.24) is 10.6 Å². The van der Waals surface area contributed by atoms with Crippen LogP contribution in [0, 0.1) is 11.3 Å². The number of amides is 1. The molecule has 5 nitrogen and oxygen atoms in total. The molecule has 0 aliphatic carbocycles. The molecule has 2 unspecified atom stereocenters. The van der Waals surface area contributed by atoms with Crippen LogP contribution in [0.1, 0.15) is 33.1 Å². The molecule has 0 saturated carbocycles. The summed E-state index contributed by atoms with van der Waals surface area (Å²) in [6.45, 7) is 5.60. The first-order chi connectivity index (χ1) is 8.05. The van der Waals surface area contributed by atoms with Gasteiger partial charge in [0.2, 0.25) is 5.91 Å². The molecular weight excluding hydrogens is 220 g/mol. The summed E-state index contributed by atoms with van der Waals surface area (Å²) in [7, 11) is 0. The molecule has 0 spiro atoms. The SMILES string of the molecule is CCC(CNC(=O)C1(CC)CCNC1)C(=O)O. The summed E-state index contributed by atoms with van der Waals surface area (Å²) in [5, 5.41) is 14.9. The van der Waals surface area contributed by atoms with Gasteiger partial charge in [0.05, 0.1) is 11.3 Å². The van der Waals surface area contributed by atoms with Crippen LogP contribution in [0.4, 0.5) is 0 Å². The lowest BCUT2D eigenvalue weighted by molar-refractivity contribution is -0.142. The van der Waals surface area contributed by atoms with E-state index in [1.54, 1.807) is 0 Å². The minimum atomic E-state index is -0.845. The Hall–Kier alpha value is -1.10. The predicted octanol–water partition coefficient (Wildman–Crippen LogP) is 0.603. The van der Waals surface area contributed by atoms with E-state index in [4.69, 9.17) is 5.11 Å². The van der Waals surface area contributed by atoms with Gasteiger partial charge in [-0.3, -0.25) is 9.59 Å². The third-order valence-electron chi connectivity index (χ3n) is 3.75. The van der Waals surface area contributed by atoms with Gasteiger partial charge in [-0.25, -0.2) is 0 Å². The smallest absolute Gasteiger partial charge is 0.308 e. The van der Waals surface area contributed by atoms with Gasteiger partial charge < -0.3 is 15.7 Å². The van der Waals surface area contributed by atoms with Gasteiger partial charge >= 0.3 is 5.97 Å². The second kappa shape index (κ2) is 6.00. The Morgan fingerprint density at radius 1 is 1.47 bits per heavy atom. The third-order valence-corrected chi connectivity index (χ3v) is 3.75. The number of aliphatic carboxylic acids is 1. The molecule has 0 bridgehead atoms. The molecule has 1 amide bonds. The van der Waals surface area contributed by atoms with Gasteiger partial charge in [0.25, 0.3) is 0 Å². The van der Waals surface area contributed by atoms with E-state index in [-0.39, 0.29) is 17.9 Å². The average Bonchev–Trinajstić information content (AvgIpc) is 2.79. The fraction of sp³-hybridized carbons (Fsp3) is 0.833. The van der Waals surface area contributed by atoms with Crippen LogP contribution in [0.5, 0.6) is 0 Å². The van der Waals surface area contributed by atoms with Gasteiger partial charge in [0, 0.05) is 13.1 Å². The standard InChI is InChI=1S/C12H22N2O3/c1-3-9(10(15)16)7-14-11(17)12(4-2)5-6-13-8-12/h9,13H,3-8H2,1-2H3,(H,14,17)(H,15,16). The van der Waals surface area contributed by atoms with Crippen LogP contribution in [0.3, 0.4) is 0 Å². The maximum absolute atomic E-state index is 12.1. The zero-order valence-corrected chi connectivity index (χ0v) is 10.6. The maximum atomic E-state index is 12.1. The van der Waals surface area contributed by atoms with Crippen molar-refractivity contribution in [3.05, 3.63) is 0 Å². The molecule has 0 aromatic rings. The molecule has 17 heavy (non-hydrogen) atoms. The van der Waals surface area contributed by atoms with Crippen LogP contribution in [0.25, 0.3) is 0 Å². The van der Waals surface area contributed by atoms with Gasteiger partial charge in [-0.1, -0.05) is 13.8 Å². The molecule has 2 atom stereocenters. The zero-order valence-electron chi connectivity index (χ0n) is 10.6. The Morgan fingerprint density at radius 2 is 2.18 bits per heavy atom.